The first-order chi connectivity index (χ1) is 15.6. The molecule has 3 aliphatic rings. The van der Waals surface area contributed by atoms with Crippen LogP contribution in [0.25, 0.3) is 10.9 Å². The second kappa shape index (κ2) is 7.87. The van der Waals surface area contributed by atoms with Gasteiger partial charge in [0.25, 0.3) is 5.91 Å². The average Bonchev–Trinajstić information content (AvgIpc) is 3.54. The SMILES string of the molecule is O=C(c1cn(C[C@@H]2CCCN2)c2cc(Cl)ccc12)N1CCC2(CC1)OCc1ncccc12. The highest BCUT2D eigenvalue weighted by molar-refractivity contribution is 6.31. The predicted molar refractivity (Wildman–Crippen MR) is 124 cm³/mol. The number of fused-ring (bicyclic) bond motifs is 3. The molecule has 2 aromatic heterocycles. The van der Waals surface area contributed by atoms with Gasteiger partial charge < -0.3 is 19.5 Å². The normalized spacial score (nSPS) is 22.0. The van der Waals surface area contributed by atoms with Crippen molar-refractivity contribution in [2.75, 3.05) is 19.6 Å². The maximum absolute atomic E-state index is 13.6. The van der Waals surface area contributed by atoms with E-state index in [9.17, 15) is 4.79 Å². The third kappa shape index (κ3) is 3.33. The lowest BCUT2D eigenvalue weighted by Gasteiger charge is -2.39. The molecular weight excluding hydrogens is 424 g/mol. The van der Waals surface area contributed by atoms with E-state index in [2.05, 4.69) is 20.9 Å². The van der Waals surface area contributed by atoms with Crippen LogP contribution in [-0.2, 0) is 23.5 Å². The van der Waals surface area contributed by atoms with Crippen molar-refractivity contribution >= 4 is 28.4 Å². The smallest absolute Gasteiger partial charge is 0.256 e. The average molecular weight is 451 g/mol. The van der Waals surface area contributed by atoms with Crippen LogP contribution < -0.4 is 5.32 Å². The summed E-state index contributed by atoms with van der Waals surface area (Å²) in [4.78, 5) is 20.1. The number of aromatic nitrogens is 2. The van der Waals surface area contributed by atoms with Crippen LogP contribution in [0.2, 0.25) is 5.02 Å². The number of pyridine rings is 1. The molecule has 0 saturated carbocycles. The molecular formula is C25H27ClN4O2. The van der Waals surface area contributed by atoms with Gasteiger partial charge >= 0.3 is 0 Å². The van der Waals surface area contributed by atoms with E-state index in [1.165, 1.54) is 12.0 Å². The Kier molecular flexibility index (Phi) is 4.97. The second-order valence-corrected chi connectivity index (χ2v) is 9.66. The van der Waals surface area contributed by atoms with Gasteiger partial charge in [-0.3, -0.25) is 9.78 Å². The number of nitrogens with one attached hydrogen (secondary N) is 1. The summed E-state index contributed by atoms with van der Waals surface area (Å²) in [6.45, 7) is 3.83. The molecule has 0 unspecified atom stereocenters. The molecule has 1 atom stereocenters. The zero-order valence-electron chi connectivity index (χ0n) is 18.0. The molecule has 3 aliphatic heterocycles. The van der Waals surface area contributed by atoms with Crippen LogP contribution in [0.15, 0.2) is 42.7 Å². The molecule has 2 fully saturated rings. The molecule has 0 aliphatic carbocycles. The first-order valence-electron chi connectivity index (χ1n) is 11.5. The number of piperidine rings is 1. The number of nitrogens with zero attached hydrogens (tertiary/aromatic N) is 3. The first kappa shape index (κ1) is 20.2. The minimum Gasteiger partial charge on any atom is -0.364 e. The van der Waals surface area contributed by atoms with Gasteiger partial charge in [0, 0.05) is 54.0 Å². The van der Waals surface area contributed by atoms with Crippen molar-refractivity contribution in [2.24, 2.45) is 0 Å². The Morgan fingerprint density at radius 3 is 2.97 bits per heavy atom. The van der Waals surface area contributed by atoms with E-state index in [0.717, 1.165) is 54.5 Å². The van der Waals surface area contributed by atoms with Crippen molar-refractivity contribution in [1.82, 2.24) is 19.8 Å². The lowest BCUT2D eigenvalue weighted by atomic mass is 9.85. The maximum Gasteiger partial charge on any atom is 0.256 e. The molecule has 1 N–H and O–H groups in total. The summed E-state index contributed by atoms with van der Waals surface area (Å²) in [5.74, 6) is 0.0923. The minimum atomic E-state index is -0.296. The number of benzene rings is 1. The summed E-state index contributed by atoms with van der Waals surface area (Å²) in [6, 6.07) is 10.4. The summed E-state index contributed by atoms with van der Waals surface area (Å²) in [7, 11) is 0. The fourth-order valence-corrected chi connectivity index (χ4v) is 5.81. The predicted octanol–water partition coefficient (Wildman–Crippen LogP) is 4.10. The van der Waals surface area contributed by atoms with Crippen molar-refractivity contribution in [3.63, 3.8) is 0 Å². The van der Waals surface area contributed by atoms with Crippen LogP contribution in [0.4, 0.5) is 0 Å². The van der Waals surface area contributed by atoms with Crippen LogP contribution in [0.3, 0.4) is 0 Å². The van der Waals surface area contributed by atoms with Crippen molar-refractivity contribution in [2.45, 2.75) is 50.5 Å². The highest BCUT2D eigenvalue weighted by Gasteiger charge is 2.44. The van der Waals surface area contributed by atoms with Crippen LogP contribution in [0, 0.1) is 0 Å². The Bertz CT molecular complexity index is 1180. The van der Waals surface area contributed by atoms with Gasteiger partial charge in [-0.2, -0.15) is 0 Å². The minimum absolute atomic E-state index is 0.0923. The quantitative estimate of drug-likeness (QED) is 0.652. The number of hydrogen-bond donors (Lipinski definition) is 1. The maximum atomic E-state index is 13.6. The van der Waals surface area contributed by atoms with Gasteiger partial charge in [0.2, 0.25) is 0 Å². The highest BCUT2D eigenvalue weighted by atomic mass is 35.5. The van der Waals surface area contributed by atoms with Crippen LogP contribution in [-0.4, -0.2) is 46.0 Å². The van der Waals surface area contributed by atoms with Crippen molar-refractivity contribution in [3.05, 3.63) is 64.6 Å². The third-order valence-corrected chi connectivity index (χ3v) is 7.61. The van der Waals surface area contributed by atoms with Crippen molar-refractivity contribution < 1.29 is 9.53 Å². The van der Waals surface area contributed by atoms with Gasteiger partial charge in [-0.1, -0.05) is 23.7 Å². The molecule has 2 saturated heterocycles. The van der Waals surface area contributed by atoms with E-state index in [1.54, 1.807) is 0 Å². The van der Waals surface area contributed by atoms with Gasteiger partial charge in [0.15, 0.2) is 0 Å². The fraction of sp³-hybridized carbons (Fsp3) is 0.440. The lowest BCUT2D eigenvalue weighted by Crippen LogP contribution is -2.45. The van der Waals surface area contributed by atoms with Crippen molar-refractivity contribution in [3.8, 4) is 0 Å². The Morgan fingerprint density at radius 2 is 2.16 bits per heavy atom. The Labute approximate surface area is 192 Å². The summed E-state index contributed by atoms with van der Waals surface area (Å²) < 4.78 is 8.42. The monoisotopic (exact) mass is 450 g/mol. The molecule has 5 heterocycles. The highest BCUT2D eigenvalue weighted by Crippen LogP contribution is 2.43. The summed E-state index contributed by atoms with van der Waals surface area (Å²) >= 11 is 6.31. The lowest BCUT2D eigenvalue weighted by molar-refractivity contribution is -0.0744. The fourth-order valence-electron chi connectivity index (χ4n) is 5.64. The molecule has 6 nitrogen and oxygen atoms in total. The number of carbonyl (C=O) groups excluding carboxylic acids is 1. The standard InChI is InChI=1S/C25H27ClN4O2/c26-17-5-6-19-20(15-30(23(19)13-17)14-18-3-1-9-27-18)24(31)29-11-7-25(8-12-29)21-4-2-10-28-22(21)16-32-25/h2,4-6,10,13,15,18,27H,1,3,7-9,11-12,14,16H2/t18-/m0/s1. The van der Waals surface area contributed by atoms with Gasteiger partial charge in [0.05, 0.1) is 29.0 Å². The van der Waals surface area contributed by atoms with Crippen LogP contribution in [0.5, 0.6) is 0 Å². The van der Waals surface area contributed by atoms with E-state index >= 15 is 0 Å². The Morgan fingerprint density at radius 1 is 1.28 bits per heavy atom. The van der Waals surface area contributed by atoms with Crippen LogP contribution >= 0.6 is 11.6 Å². The number of halogens is 1. The number of rotatable bonds is 3. The van der Waals surface area contributed by atoms with Gasteiger partial charge in [-0.05, 0) is 50.4 Å². The molecule has 0 bridgehead atoms. The summed E-state index contributed by atoms with van der Waals surface area (Å²) in [5, 5.41) is 5.23. The number of amides is 1. The van der Waals surface area contributed by atoms with Gasteiger partial charge in [-0.15, -0.1) is 0 Å². The number of hydrogen-bond acceptors (Lipinski definition) is 4. The molecule has 6 rings (SSSR count). The summed E-state index contributed by atoms with van der Waals surface area (Å²) in [6.07, 6.45) is 7.81. The van der Waals surface area contributed by atoms with E-state index in [-0.39, 0.29) is 11.5 Å². The summed E-state index contributed by atoms with van der Waals surface area (Å²) in [5.41, 5.74) is 3.73. The molecule has 1 spiro atoms. The van der Waals surface area contributed by atoms with Gasteiger partial charge in [0.1, 0.15) is 0 Å². The second-order valence-electron chi connectivity index (χ2n) is 9.22. The largest absolute Gasteiger partial charge is 0.364 e. The molecule has 166 valence electrons. The number of ether oxygens (including phenoxy) is 1. The Balaban J connectivity index is 1.26. The van der Waals surface area contributed by atoms with Crippen LogP contribution in [0.1, 0.15) is 47.3 Å². The van der Waals surface area contributed by atoms with E-state index in [0.29, 0.717) is 30.8 Å². The zero-order chi connectivity index (χ0) is 21.7. The van der Waals surface area contributed by atoms with Crippen molar-refractivity contribution in [1.29, 1.82) is 0 Å². The van der Waals surface area contributed by atoms with Gasteiger partial charge in [-0.25, -0.2) is 0 Å². The molecule has 3 aromatic rings. The molecule has 32 heavy (non-hydrogen) atoms. The molecule has 7 heteroatoms. The molecule has 1 amide bonds. The molecule has 0 radical (unpaired) electrons. The zero-order valence-corrected chi connectivity index (χ0v) is 18.8. The van der Waals surface area contributed by atoms with E-state index in [4.69, 9.17) is 16.3 Å². The number of carbonyl (C=O) groups is 1. The first-order valence-corrected chi connectivity index (χ1v) is 11.9. The third-order valence-electron chi connectivity index (χ3n) is 7.38. The van der Waals surface area contributed by atoms with E-state index < -0.39 is 0 Å². The topological polar surface area (TPSA) is 59.4 Å². The van der Waals surface area contributed by atoms with E-state index in [1.807, 2.05) is 41.6 Å². The molecule has 1 aromatic carbocycles. The number of likely N-dealkylation sites (tertiary alicyclic amines) is 1. The Hall–Kier alpha value is -2.41.